The highest BCUT2D eigenvalue weighted by atomic mass is 16.5. The SMILES string of the molecule is COC(=O)c1cncnc1N1C[C@@H]2CN(C)[C@@H](c3ccccc3)[C@@H]2C1. The average molecular weight is 338 g/mol. The molecule has 6 heteroatoms. The molecule has 4 rings (SSSR count). The summed E-state index contributed by atoms with van der Waals surface area (Å²) in [5.41, 5.74) is 1.80. The van der Waals surface area contributed by atoms with E-state index in [1.807, 2.05) is 0 Å². The zero-order valence-electron chi connectivity index (χ0n) is 14.5. The number of carbonyl (C=O) groups excluding carboxylic acids is 1. The summed E-state index contributed by atoms with van der Waals surface area (Å²) < 4.78 is 4.88. The standard InChI is InChI=1S/C19H22N4O2/c1-22-9-14-10-23(18-15(19(24)25-2)8-20-12-21-18)11-16(14)17(22)13-6-4-3-5-7-13/h3-8,12,14,16-17H,9-11H2,1-2H3/t14-,16+,17-/m0/s1. The molecule has 0 spiro atoms. The number of likely N-dealkylation sites (tertiary alicyclic amines) is 1. The van der Waals surface area contributed by atoms with Crippen molar-refractivity contribution in [1.29, 1.82) is 0 Å². The molecule has 0 N–H and O–H groups in total. The van der Waals surface area contributed by atoms with Crippen molar-refractivity contribution in [1.82, 2.24) is 14.9 Å². The van der Waals surface area contributed by atoms with Crippen LogP contribution in [-0.2, 0) is 4.74 Å². The normalized spacial score (nSPS) is 25.8. The minimum absolute atomic E-state index is 0.385. The number of nitrogens with zero attached hydrogens (tertiary/aromatic N) is 4. The Labute approximate surface area is 147 Å². The van der Waals surface area contributed by atoms with E-state index in [1.165, 1.54) is 19.0 Å². The number of carbonyl (C=O) groups is 1. The minimum atomic E-state index is -0.385. The Morgan fingerprint density at radius 1 is 1.20 bits per heavy atom. The van der Waals surface area contributed by atoms with Crippen LogP contribution in [-0.4, -0.2) is 54.6 Å². The summed E-state index contributed by atoms with van der Waals surface area (Å²) in [6, 6.07) is 11.1. The number of aromatic nitrogens is 2. The zero-order chi connectivity index (χ0) is 17.4. The third-order valence-electron chi connectivity index (χ3n) is 5.43. The molecule has 0 saturated carbocycles. The third kappa shape index (κ3) is 2.76. The smallest absolute Gasteiger partial charge is 0.343 e. The molecule has 2 fully saturated rings. The van der Waals surface area contributed by atoms with E-state index in [2.05, 4.69) is 57.1 Å². The summed E-state index contributed by atoms with van der Waals surface area (Å²) >= 11 is 0. The summed E-state index contributed by atoms with van der Waals surface area (Å²) in [4.78, 5) is 25.1. The molecule has 6 nitrogen and oxygen atoms in total. The molecule has 130 valence electrons. The van der Waals surface area contributed by atoms with E-state index in [0.717, 1.165) is 19.6 Å². The molecule has 2 saturated heterocycles. The van der Waals surface area contributed by atoms with E-state index in [-0.39, 0.29) is 5.97 Å². The molecule has 2 aliphatic rings. The second-order valence-corrected chi connectivity index (χ2v) is 6.88. The lowest BCUT2D eigenvalue weighted by molar-refractivity contribution is 0.0600. The lowest BCUT2D eigenvalue weighted by atomic mass is 9.90. The molecular formula is C19H22N4O2. The molecule has 0 aliphatic carbocycles. The molecule has 3 heterocycles. The Balaban J connectivity index is 1.61. The summed E-state index contributed by atoms with van der Waals surface area (Å²) in [6.07, 6.45) is 3.04. The Hall–Kier alpha value is -2.47. The largest absolute Gasteiger partial charge is 0.465 e. The van der Waals surface area contributed by atoms with Gasteiger partial charge in [0.15, 0.2) is 0 Å². The second-order valence-electron chi connectivity index (χ2n) is 6.88. The Bertz CT molecular complexity index is 767. The van der Waals surface area contributed by atoms with Crippen LogP contribution < -0.4 is 4.90 Å². The highest BCUT2D eigenvalue weighted by Crippen LogP contribution is 2.45. The van der Waals surface area contributed by atoms with Crippen LogP contribution in [0.5, 0.6) is 0 Å². The van der Waals surface area contributed by atoms with E-state index in [4.69, 9.17) is 4.74 Å². The summed E-state index contributed by atoms with van der Waals surface area (Å²) in [6.45, 7) is 2.84. The monoisotopic (exact) mass is 338 g/mol. The fourth-order valence-corrected chi connectivity index (χ4v) is 4.41. The molecule has 0 bridgehead atoms. The van der Waals surface area contributed by atoms with Gasteiger partial charge in [-0.05, 0) is 18.5 Å². The molecule has 1 aromatic carbocycles. The van der Waals surface area contributed by atoms with Gasteiger partial charge in [0, 0.05) is 37.8 Å². The van der Waals surface area contributed by atoms with Gasteiger partial charge in [0.1, 0.15) is 17.7 Å². The van der Waals surface area contributed by atoms with Gasteiger partial charge in [0.05, 0.1) is 7.11 Å². The van der Waals surface area contributed by atoms with Gasteiger partial charge in [-0.15, -0.1) is 0 Å². The van der Waals surface area contributed by atoms with E-state index in [0.29, 0.717) is 29.3 Å². The van der Waals surface area contributed by atoms with Gasteiger partial charge in [-0.25, -0.2) is 14.8 Å². The molecule has 2 aromatic rings. The van der Waals surface area contributed by atoms with Crippen LogP contribution in [0.4, 0.5) is 5.82 Å². The van der Waals surface area contributed by atoms with Crippen molar-refractivity contribution >= 4 is 11.8 Å². The number of benzene rings is 1. The topological polar surface area (TPSA) is 58.6 Å². The Morgan fingerprint density at radius 2 is 2.00 bits per heavy atom. The van der Waals surface area contributed by atoms with Gasteiger partial charge in [-0.3, -0.25) is 4.90 Å². The first-order chi connectivity index (χ1) is 12.2. The number of rotatable bonds is 3. The predicted octanol–water partition coefficient (Wildman–Crippen LogP) is 2.00. The van der Waals surface area contributed by atoms with Gasteiger partial charge in [0.2, 0.25) is 0 Å². The van der Waals surface area contributed by atoms with Crippen LogP contribution in [0.1, 0.15) is 22.0 Å². The number of fused-ring (bicyclic) bond motifs is 1. The first-order valence-electron chi connectivity index (χ1n) is 8.57. The molecule has 0 unspecified atom stereocenters. The highest BCUT2D eigenvalue weighted by Gasteiger charge is 2.46. The van der Waals surface area contributed by atoms with Gasteiger partial charge in [0.25, 0.3) is 0 Å². The Kier molecular flexibility index (Phi) is 4.13. The van der Waals surface area contributed by atoms with Gasteiger partial charge < -0.3 is 9.64 Å². The first kappa shape index (κ1) is 16.0. The van der Waals surface area contributed by atoms with Crippen LogP contribution in [0.15, 0.2) is 42.9 Å². The van der Waals surface area contributed by atoms with Crippen LogP contribution in [0, 0.1) is 11.8 Å². The third-order valence-corrected chi connectivity index (χ3v) is 5.43. The lowest BCUT2D eigenvalue weighted by Gasteiger charge is -2.27. The van der Waals surface area contributed by atoms with E-state index in [9.17, 15) is 4.79 Å². The minimum Gasteiger partial charge on any atom is -0.465 e. The molecular weight excluding hydrogens is 316 g/mol. The van der Waals surface area contributed by atoms with Crippen LogP contribution in [0.3, 0.4) is 0 Å². The number of esters is 1. The van der Waals surface area contributed by atoms with Crippen molar-refractivity contribution in [3.8, 4) is 0 Å². The number of anilines is 1. The van der Waals surface area contributed by atoms with Crippen LogP contribution >= 0.6 is 0 Å². The highest BCUT2D eigenvalue weighted by molar-refractivity contribution is 5.94. The summed E-state index contributed by atoms with van der Waals surface area (Å²) in [5.74, 6) is 1.39. The molecule has 25 heavy (non-hydrogen) atoms. The number of ether oxygens (including phenoxy) is 1. The van der Waals surface area contributed by atoms with Crippen LogP contribution in [0.2, 0.25) is 0 Å². The maximum absolute atomic E-state index is 12.0. The van der Waals surface area contributed by atoms with Crippen molar-refractivity contribution in [2.24, 2.45) is 11.8 Å². The van der Waals surface area contributed by atoms with Crippen molar-refractivity contribution < 1.29 is 9.53 Å². The van der Waals surface area contributed by atoms with E-state index < -0.39 is 0 Å². The fraction of sp³-hybridized carbons (Fsp3) is 0.421. The van der Waals surface area contributed by atoms with E-state index in [1.54, 1.807) is 6.20 Å². The molecule has 0 amide bonds. The second kappa shape index (κ2) is 6.44. The van der Waals surface area contributed by atoms with Crippen molar-refractivity contribution in [3.05, 3.63) is 54.0 Å². The van der Waals surface area contributed by atoms with Crippen molar-refractivity contribution in [3.63, 3.8) is 0 Å². The first-order valence-corrected chi connectivity index (χ1v) is 8.57. The number of hydrogen-bond acceptors (Lipinski definition) is 6. The average Bonchev–Trinajstić information content (AvgIpc) is 3.18. The van der Waals surface area contributed by atoms with Gasteiger partial charge in [-0.2, -0.15) is 0 Å². The van der Waals surface area contributed by atoms with Gasteiger partial charge in [-0.1, -0.05) is 30.3 Å². The fourth-order valence-electron chi connectivity index (χ4n) is 4.41. The van der Waals surface area contributed by atoms with Crippen molar-refractivity contribution in [2.45, 2.75) is 6.04 Å². The van der Waals surface area contributed by atoms with Crippen LogP contribution in [0.25, 0.3) is 0 Å². The predicted molar refractivity (Wildman–Crippen MR) is 94.4 cm³/mol. The lowest BCUT2D eigenvalue weighted by Crippen LogP contribution is -2.30. The van der Waals surface area contributed by atoms with E-state index >= 15 is 0 Å². The maximum atomic E-state index is 12.0. The molecule has 3 atom stereocenters. The number of hydrogen-bond donors (Lipinski definition) is 0. The molecule has 0 radical (unpaired) electrons. The quantitative estimate of drug-likeness (QED) is 0.798. The molecule has 2 aliphatic heterocycles. The zero-order valence-corrected chi connectivity index (χ0v) is 14.5. The van der Waals surface area contributed by atoms with Gasteiger partial charge >= 0.3 is 5.97 Å². The maximum Gasteiger partial charge on any atom is 0.343 e. The van der Waals surface area contributed by atoms with Crippen molar-refractivity contribution in [2.75, 3.05) is 38.7 Å². The molecule has 1 aromatic heterocycles. The summed E-state index contributed by atoms with van der Waals surface area (Å²) in [5, 5.41) is 0. The summed E-state index contributed by atoms with van der Waals surface area (Å²) in [7, 11) is 3.59. The number of methoxy groups -OCH3 is 1. The Morgan fingerprint density at radius 3 is 2.76 bits per heavy atom.